The first kappa shape index (κ1) is 16.6. The average Bonchev–Trinajstić information content (AvgIpc) is 2.50. The summed E-state index contributed by atoms with van der Waals surface area (Å²) < 4.78 is 5.28. The lowest BCUT2D eigenvalue weighted by Crippen LogP contribution is -2.24. The lowest BCUT2D eigenvalue weighted by Gasteiger charge is -2.07. The minimum atomic E-state index is -0.416. The van der Waals surface area contributed by atoms with Gasteiger partial charge in [0, 0.05) is 16.1 Å². The lowest BCUT2D eigenvalue weighted by atomic mass is 10.2. The van der Waals surface area contributed by atoms with Crippen molar-refractivity contribution in [1.29, 1.82) is 0 Å². The second kappa shape index (κ2) is 8.03. The van der Waals surface area contributed by atoms with Crippen LogP contribution in [0.3, 0.4) is 0 Å². The number of carbonyl (C=O) groups excluding carboxylic acids is 1. The highest BCUT2D eigenvalue weighted by Crippen LogP contribution is 2.27. The van der Waals surface area contributed by atoms with E-state index in [9.17, 15) is 4.79 Å². The third-order valence-electron chi connectivity index (χ3n) is 2.52. The van der Waals surface area contributed by atoms with Gasteiger partial charge in [0.2, 0.25) is 0 Å². The Bertz CT molecular complexity index is 688. The van der Waals surface area contributed by atoms with E-state index in [1.807, 2.05) is 0 Å². The van der Waals surface area contributed by atoms with Gasteiger partial charge in [0.05, 0.1) is 11.2 Å². The molecule has 0 aliphatic carbocycles. The molecule has 0 aliphatic heterocycles. The smallest absolute Gasteiger partial charge is 0.277 e. The summed E-state index contributed by atoms with van der Waals surface area (Å²) in [5.74, 6) is -0.0766. The summed E-state index contributed by atoms with van der Waals surface area (Å²) in [7, 11) is 0. The van der Waals surface area contributed by atoms with Gasteiger partial charge in [0.15, 0.2) is 6.61 Å². The van der Waals surface area contributed by atoms with Gasteiger partial charge >= 0.3 is 0 Å². The molecule has 7 heteroatoms. The molecule has 0 radical (unpaired) electrons. The van der Waals surface area contributed by atoms with Crippen LogP contribution >= 0.6 is 34.8 Å². The highest BCUT2D eigenvalue weighted by molar-refractivity contribution is 6.34. The van der Waals surface area contributed by atoms with Crippen LogP contribution in [0.5, 0.6) is 5.75 Å². The van der Waals surface area contributed by atoms with E-state index in [2.05, 4.69) is 10.5 Å². The molecule has 2 rings (SSSR count). The maximum Gasteiger partial charge on any atom is 0.277 e. The molecule has 0 aliphatic rings. The Balaban J connectivity index is 1.83. The van der Waals surface area contributed by atoms with Crippen LogP contribution in [0.4, 0.5) is 0 Å². The molecule has 22 heavy (non-hydrogen) atoms. The molecule has 0 fully saturated rings. The second-order valence-corrected chi connectivity index (χ2v) is 5.49. The second-order valence-electron chi connectivity index (χ2n) is 4.21. The summed E-state index contributed by atoms with van der Waals surface area (Å²) in [5, 5.41) is 5.30. The Labute approximate surface area is 142 Å². The number of rotatable bonds is 5. The fraction of sp³-hybridized carbons (Fsp3) is 0.0667. The van der Waals surface area contributed by atoms with Gasteiger partial charge in [-0.05, 0) is 29.8 Å². The molecule has 0 atom stereocenters. The SMILES string of the molecule is O=C(COc1cc(Cl)ccc1Cl)N/N=C/c1ccc(Cl)cc1. The Kier molecular flexibility index (Phi) is 6.07. The topological polar surface area (TPSA) is 50.7 Å². The standard InChI is InChI=1S/C15H11Cl3N2O2/c16-11-3-1-10(2-4-11)8-19-20-15(21)9-22-14-7-12(17)5-6-13(14)18/h1-8H,9H2,(H,20,21)/b19-8+. The van der Waals surface area contributed by atoms with Gasteiger partial charge in [0.25, 0.3) is 5.91 Å². The monoisotopic (exact) mass is 356 g/mol. The zero-order chi connectivity index (χ0) is 15.9. The van der Waals surface area contributed by atoms with Gasteiger partial charge < -0.3 is 4.74 Å². The number of amides is 1. The van der Waals surface area contributed by atoms with Crippen LogP contribution in [0.15, 0.2) is 47.6 Å². The number of hydrazone groups is 1. The zero-order valence-corrected chi connectivity index (χ0v) is 13.5. The summed E-state index contributed by atoms with van der Waals surface area (Å²) in [6, 6.07) is 11.8. The van der Waals surface area contributed by atoms with Crippen molar-refractivity contribution >= 4 is 46.9 Å². The number of carbonyl (C=O) groups is 1. The molecule has 0 saturated heterocycles. The molecule has 4 nitrogen and oxygen atoms in total. The largest absolute Gasteiger partial charge is 0.482 e. The molecule has 1 N–H and O–H groups in total. The van der Waals surface area contributed by atoms with Crippen molar-refractivity contribution in [2.75, 3.05) is 6.61 Å². The van der Waals surface area contributed by atoms with Crippen molar-refractivity contribution in [3.8, 4) is 5.75 Å². The van der Waals surface area contributed by atoms with Crippen molar-refractivity contribution in [3.05, 3.63) is 63.1 Å². The summed E-state index contributed by atoms with van der Waals surface area (Å²) >= 11 is 17.5. The van der Waals surface area contributed by atoms with Gasteiger partial charge in [-0.2, -0.15) is 5.10 Å². The van der Waals surface area contributed by atoms with E-state index >= 15 is 0 Å². The fourth-order valence-corrected chi connectivity index (χ4v) is 1.95. The van der Waals surface area contributed by atoms with E-state index in [1.165, 1.54) is 12.3 Å². The van der Waals surface area contributed by atoms with Gasteiger partial charge in [0.1, 0.15) is 5.75 Å². The third kappa shape index (κ3) is 5.22. The maximum atomic E-state index is 11.6. The molecule has 0 saturated carbocycles. The van der Waals surface area contributed by atoms with Crippen molar-refractivity contribution < 1.29 is 9.53 Å². The number of hydrogen-bond donors (Lipinski definition) is 1. The predicted molar refractivity (Wildman–Crippen MR) is 89.1 cm³/mol. The molecule has 0 spiro atoms. The molecule has 114 valence electrons. The lowest BCUT2D eigenvalue weighted by molar-refractivity contribution is -0.123. The predicted octanol–water partition coefficient (Wildman–Crippen LogP) is 4.18. The Hall–Kier alpha value is -1.75. The van der Waals surface area contributed by atoms with Crippen molar-refractivity contribution in [3.63, 3.8) is 0 Å². The first-order valence-electron chi connectivity index (χ1n) is 6.20. The van der Waals surface area contributed by atoms with Crippen molar-refractivity contribution in [2.24, 2.45) is 5.10 Å². The van der Waals surface area contributed by atoms with Crippen LogP contribution in [0.25, 0.3) is 0 Å². The van der Waals surface area contributed by atoms with E-state index in [1.54, 1.807) is 36.4 Å². The first-order chi connectivity index (χ1) is 10.5. The molecule has 1 amide bonds. The Morgan fingerprint density at radius 2 is 1.77 bits per heavy atom. The van der Waals surface area contributed by atoms with Crippen LogP contribution in [0.2, 0.25) is 15.1 Å². The van der Waals surface area contributed by atoms with Gasteiger partial charge in [-0.1, -0.05) is 46.9 Å². The summed E-state index contributed by atoms with van der Waals surface area (Å²) in [6.45, 7) is -0.224. The molecular formula is C15H11Cl3N2O2. The number of hydrogen-bond acceptors (Lipinski definition) is 3. The molecule has 0 unspecified atom stereocenters. The minimum absolute atomic E-state index is 0.224. The van der Waals surface area contributed by atoms with Gasteiger partial charge in [-0.25, -0.2) is 5.43 Å². The molecule has 0 heterocycles. The number of benzene rings is 2. The zero-order valence-electron chi connectivity index (χ0n) is 11.2. The summed E-state index contributed by atoms with van der Waals surface area (Å²) in [4.78, 5) is 11.6. The number of ether oxygens (including phenoxy) is 1. The van der Waals surface area contributed by atoms with Crippen LogP contribution in [-0.4, -0.2) is 18.7 Å². The van der Waals surface area contributed by atoms with Crippen LogP contribution in [0, 0.1) is 0 Å². The van der Waals surface area contributed by atoms with E-state index in [4.69, 9.17) is 39.5 Å². The highest BCUT2D eigenvalue weighted by Gasteiger charge is 2.05. The molecule has 2 aromatic rings. The molecular weight excluding hydrogens is 347 g/mol. The van der Waals surface area contributed by atoms with Crippen LogP contribution in [-0.2, 0) is 4.79 Å². The number of halogens is 3. The maximum absolute atomic E-state index is 11.6. The normalized spacial score (nSPS) is 10.7. The summed E-state index contributed by atoms with van der Waals surface area (Å²) in [6.07, 6.45) is 1.50. The third-order valence-corrected chi connectivity index (χ3v) is 3.32. The van der Waals surface area contributed by atoms with E-state index < -0.39 is 5.91 Å². The highest BCUT2D eigenvalue weighted by atomic mass is 35.5. The van der Waals surface area contributed by atoms with Gasteiger partial charge in [-0.3, -0.25) is 4.79 Å². The molecule has 2 aromatic carbocycles. The Morgan fingerprint density at radius 3 is 2.50 bits per heavy atom. The van der Waals surface area contributed by atoms with Crippen molar-refractivity contribution in [1.82, 2.24) is 5.43 Å². The number of nitrogens with zero attached hydrogens (tertiary/aromatic N) is 1. The molecule has 0 aromatic heterocycles. The average molecular weight is 358 g/mol. The van der Waals surface area contributed by atoms with E-state index in [0.717, 1.165) is 5.56 Å². The first-order valence-corrected chi connectivity index (χ1v) is 7.33. The van der Waals surface area contributed by atoms with Gasteiger partial charge in [-0.15, -0.1) is 0 Å². The van der Waals surface area contributed by atoms with E-state index in [-0.39, 0.29) is 6.61 Å². The quantitative estimate of drug-likeness (QED) is 0.645. The van der Waals surface area contributed by atoms with Crippen molar-refractivity contribution in [2.45, 2.75) is 0 Å². The minimum Gasteiger partial charge on any atom is -0.482 e. The number of nitrogens with one attached hydrogen (secondary N) is 1. The van der Waals surface area contributed by atoms with E-state index in [0.29, 0.717) is 20.8 Å². The fourth-order valence-electron chi connectivity index (χ4n) is 1.49. The summed E-state index contributed by atoms with van der Waals surface area (Å²) in [5.41, 5.74) is 3.16. The van der Waals surface area contributed by atoms with Crippen LogP contribution < -0.4 is 10.2 Å². The Morgan fingerprint density at radius 1 is 1.09 bits per heavy atom. The van der Waals surface area contributed by atoms with Crippen LogP contribution in [0.1, 0.15) is 5.56 Å². The molecule has 0 bridgehead atoms.